The first-order chi connectivity index (χ1) is 13.5. The van der Waals surface area contributed by atoms with Gasteiger partial charge in [0.15, 0.2) is 11.8 Å². The van der Waals surface area contributed by atoms with Gasteiger partial charge in [0.05, 0.1) is 12.8 Å². The number of amidine groups is 1. The molecule has 1 amide bonds. The molecule has 1 fully saturated rings. The van der Waals surface area contributed by atoms with Crippen molar-refractivity contribution in [3.05, 3.63) is 53.1 Å². The maximum atomic E-state index is 12.9. The van der Waals surface area contributed by atoms with Crippen molar-refractivity contribution >= 4 is 40.1 Å². The Labute approximate surface area is 174 Å². The summed E-state index contributed by atoms with van der Waals surface area (Å²) in [5, 5.41) is 1.38. The number of carbonyl (C=O) groups excluding carboxylic acids is 1. The molecule has 148 valence electrons. The molecular weight excluding hydrogens is 396 g/mol. The number of carbonyl (C=O) groups is 1. The third-order valence-electron chi connectivity index (χ3n) is 4.50. The largest absolute Gasteiger partial charge is 0.497 e. The second-order valence-electron chi connectivity index (χ2n) is 6.43. The summed E-state index contributed by atoms with van der Waals surface area (Å²) in [4.78, 5) is 19.3. The van der Waals surface area contributed by atoms with E-state index >= 15 is 0 Å². The van der Waals surface area contributed by atoms with E-state index in [2.05, 4.69) is 11.9 Å². The highest BCUT2D eigenvalue weighted by Gasteiger charge is 2.34. The Bertz CT molecular complexity index is 870. The average molecular weight is 419 g/mol. The lowest BCUT2D eigenvalue weighted by molar-refractivity contribution is -0.130. The zero-order valence-corrected chi connectivity index (χ0v) is 17.7. The number of benzene rings is 2. The SMILES string of the molecule is CC[C@@H]1CSC(=Nc2ccc(OC)cc2)N1C(=O)COc1ccc(Cl)c(C)c1. The van der Waals surface area contributed by atoms with Crippen LogP contribution >= 0.6 is 23.4 Å². The number of hydrogen-bond donors (Lipinski definition) is 0. The van der Waals surface area contributed by atoms with E-state index in [0.717, 1.165) is 29.2 Å². The van der Waals surface area contributed by atoms with E-state index in [-0.39, 0.29) is 18.6 Å². The zero-order chi connectivity index (χ0) is 20.1. The van der Waals surface area contributed by atoms with Crippen LogP contribution in [0.1, 0.15) is 18.9 Å². The molecule has 1 heterocycles. The van der Waals surface area contributed by atoms with Gasteiger partial charge in [-0.2, -0.15) is 0 Å². The minimum absolute atomic E-state index is 0.0419. The smallest absolute Gasteiger partial charge is 0.266 e. The number of methoxy groups -OCH3 is 1. The minimum atomic E-state index is -0.100. The summed E-state index contributed by atoms with van der Waals surface area (Å²) >= 11 is 7.64. The highest BCUT2D eigenvalue weighted by Crippen LogP contribution is 2.30. The van der Waals surface area contributed by atoms with Crippen LogP contribution in [0.25, 0.3) is 0 Å². The molecule has 0 radical (unpaired) electrons. The van der Waals surface area contributed by atoms with E-state index in [4.69, 9.17) is 21.1 Å². The molecule has 5 nitrogen and oxygen atoms in total. The van der Waals surface area contributed by atoms with Crippen LogP contribution in [0.4, 0.5) is 5.69 Å². The third-order valence-corrected chi connectivity index (χ3v) is 6.03. The summed E-state index contributed by atoms with van der Waals surface area (Å²) in [5.41, 5.74) is 1.70. The van der Waals surface area contributed by atoms with Gasteiger partial charge in [-0.05, 0) is 61.4 Å². The third kappa shape index (κ3) is 4.80. The van der Waals surface area contributed by atoms with Crippen molar-refractivity contribution in [2.45, 2.75) is 26.3 Å². The molecule has 0 aliphatic carbocycles. The lowest BCUT2D eigenvalue weighted by atomic mass is 10.2. The fourth-order valence-electron chi connectivity index (χ4n) is 2.86. The average Bonchev–Trinajstić information content (AvgIpc) is 3.12. The van der Waals surface area contributed by atoms with Gasteiger partial charge in [0.25, 0.3) is 5.91 Å². The summed E-state index contributed by atoms with van der Waals surface area (Å²) < 4.78 is 10.9. The van der Waals surface area contributed by atoms with E-state index in [1.54, 1.807) is 35.9 Å². The maximum Gasteiger partial charge on any atom is 0.266 e. The van der Waals surface area contributed by atoms with Crippen molar-refractivity contribution in [1.29, 1.82) is 0 Å². The van der Waals surface area contributed by atoms with Gasteiger partial charge >= 0.3 is 0 Å². The van der Waals surface area contributed by atoms with Gasteiger partial charge in [-0.3, -0.25) is 9.69 Å². The summed E-state index contributed by atoms with van der Waals surface area (Å²) in [5.74, 6) is 2.13. The molecule has 1 aliphatic heterocycles. The first kappa shape index (κ1) is 20.6. The number of nitrogens with zero attached hydrogens (tertiary/aromatic N) is 2. The van der Waals surface area contributed by atoms with Crippen LogP contribution in [0, 0.1) is 6.92 Å². The minimum Gasteiger partial charge on any atom is -0.497 e. The molecule has 0 bridgehead atoms. The Balaban J connectivity index is 1.74. The molecule has 0 aromatic heterocycles. The molecule has 0 spiro atoms. The van der Waals surface area contributed by atoms with Gasteiger partial charge in [-0.25, -0.2) is 4.99 Å². The number of halogens is 1. The molecule has 0 saturated carbocycles. The molecule has 1 atom stereocenters. The molecular formula is C21H23ClN2O3S. The van der Waals surface area contributed by atoms with Crippen molar-refractivity contribution < 1.29 is 14.3 Å². The first-order valence-electron chi connectivity index (χ1n) is 9.08. The van der Waals surface area contributed by atoms with Crippen LogP contribution < -0.4 is 9.47 Å². The van der Waals surface area contributed by atoms with Crippen molar-refractivity contribution in [1.82, 2.24) is 4.90 Å². The summed E-state index contributed by atoms with van der Waals surface area (Å²) in [6, 6.07) is 13.0. The van der Waals surface area contributed by atoms with Gasteiger partial charge in [-0.1, -0.05) is 30.3 Å². The quantitative estimate of drug-likeness (QED) is 0.656. The van der Waals surface area contributed by atoms with Gasteiger partial charge in [0, 0.05) is 16.8 Å². The number of amides is 1. The number of hydrogen-bond acceptors (Lipinski definition) is 5. The lowest BCUT2D eigenvalue weighted by Crippen LogP contribution is -2.41. The molecule has 1 aliphatic rings. The Morgan fingerprint density at radius 1 is 1.25 bits per heavy atom. The molecule has 0 unspecified atom stereocenters. The Hall–Kier alpha value is -2.18. The highest BCUT2D eigenvalue weighted by atomic mass is 35.5. The fraction of sp³-hybridized carbons (Fsp3) is 0.333. The molecule has 2 aromatic rings. The van der Waals surface area contributed by atoms with Gasteiger partial charge in [0.1, 0.15) is 11.5 Å². The maximum absolute atomic E-state index is 12.9. The van der Waals surface area contributed by atoms with Crippen molar-refractivity contribution in [2.24, 2.45) is 4.99 Å². The van der Waals surface area contributed by atoms with Crippen molar-refractivity contribution in [3.8, 4) is 11.5 Å². The van der Waals surface area contributed by atoms with Crippen molar-refractivity contribution in [3.63, 3.8) is 0 Å². The highest BCUT2D eigenvalue weighted by molar-refractivity contribution is 8.14. The number of aliphatic imine (C=N–C) groups is 1. The molecule has 7 heteroatoms. The van der Waals surface area contributed by atoms with Crippen molar-refractivity contribution in [2.75, 3.05) is 19.5 Å². The number of aryl methyl sites for hydroxylation is 1. The Morgan fingerprint density at radius 2 is 1.96 bits per heavy atom. The second-order valence-corrected chi connectivity index (χ2v) is 7.82. The van der Waals surface area contributed by atoms with Crippen LogP contribution in [-0.4, -0.2) is 41.5 Å². The molecule has 3 rings (SSSR count). The van der Waals surface area contributed by atoms with E-state index in [1.165, 1.54) is 0 Å². The topological polar surface area (TPSA) is 51.1 Å². The molecule has 28 heavy (non-hydrogen) atoms. The predicted molar refractivity (Wildman–Crippen MR) is 115 cm³/mol. The summed E-state index contributed by atoms with van der Waals surface area (Å²) in [6.07, 6.45) is 0.862. The number of ether oxygens (including phenoxy) is 2. The molecule has 2 aromatic carbocycles. The van der Waals surface area contributed by atoms with E-state index in [1.807, 2.05) is 37.3 Å². The fourth-order valence-corrected chi connectivity index (χ4v) is 4.26. The lowest BCUT2D eigenvalue weighted by Gasteiger charge is -2.23. The van der Waals surface area contributed by atoms with E-state index in [9.17, 15) is 4.79 Å². The van der Waals surface area contributed by atoms with E-state index < -0.39 is 0 Å². The van der Waals surface area contributed by atoms with Gasteiger partial charge in [0.2, 0.25) is 0 Å². The zero-order valence-electron chi connectivity index (χ0n) is 16.1. The van der Waals surface area contributed by atoms with Crippen LogP contribution in [0.5, 0.6) is 11.5 Å². The van der Waals surface area contributed by atoms with Gasteiger partial charge in [-0.15, -0.1) is 0 Å². The second kappa shape index (κ2) is 9.34. The summed E-state index contributed by atoms with van der Waals surface area (Å²) in [6.45, 7) is 3.94. The number of rotatable bonds is 6. The van der Waals surface area contributed by atoms with Crippen LogP contribution in [-0.2, 0) is 4.79 Å². The number of thioether (sulfide) groups is 1. The molecule has 0 N–H and O–H groups in total. The van der Waals surface area contributed by atoms with E-state index in [0.29, 0.717) is 15.9 Å². The standard InChI is InChI=1S/C21H23ClN2O3S/c1-4-16-13-28-21(23-15-5-7-17(26-3)8-6-15)24(16)20(25)12-27-18-9-10-19(22)14(2)11-18/h5-11,16H,4,12-13H2,1-3H3/t16-/m1/s1. The summed E-state index contributed by atoms with van der Waals surface area (Å²) in [7, 11) is 1.63. The van der Waals surface area contributed by atoms with Gasteiger partial charge < -0.3 is 9.47 Å². The normalized spacial score (nSPS) is 17.8. The molecule has 1 saturated heterocycles. The monoisotopic (exact) mass is 418 g/mol. The Kier molecular flexibility index (Phi) is 6.86. The van der Waals surface area contributed by atoms with Crippen LogP contribution in [0.2, 0.25) is 5.02 Å². The first-order valence-corrected chi connectivity index (χ1v) is 10.4. The Morgan fingerprint density at radius 3 is 2.61 bits per heavy atom. The predicted octanol–water partition coefficient (Wildman–Crippen LogP) is 5.08. The van der Waals surface area contributed by atoms with Crippen LogP contribution in [0.15, 0.2) is 47.5 Å². The van der Waals surface area contributed by atoms with Crippen LogP contribution in [0.3, 0.4) is 0 Å².